The van der Waals surface area contributed by atoms with Gasteiger partial charge in [-0.2, -0.15) is 0 Å². The molecule has 2 aliphatic rings. The van der Waals surface area contributed by atoms with Gasteiger partial charge in [0.25, 0.3) is 0 Å². The fourth-order valence-electron chi connectivity index (χ4n) is 2.44. The lowest BCUT2D eigenvalue weighted by atomic mass is 10.3. The Kier molecular flexibility index (Phi) is 3.52. The molecule has 100 valence electrons. The summed E-state index contributed by atoms with van der Waals surface area (Å²) in [6, 6.07) is 1.11. The average Bonchev–Trinajstić information content (AvgIpc) is 3.06. The van der Waals surface area contributed by atoms with Gasteiger partial charge in [0.15, 0.2) is 0 Å². The van der Waals surface area contributed by atoms with E-state index in [0.717, 1.165) is 38.8 Å². The molecule has 1 atom stereocenters. The highest BCUT2D eigenvalue weighted by Gasteiger charge is 2.24. The second-order valence-electron chi connectivity index (χ2n) is 5.34. The summed E-state index contributed by atoms with van der Waals surface area (Å²) >= 11 is 0. The van der Waals surface area contributed by atoms with Crippen molar-refractivity contribution in [2.24, 2.45) is 0 Å². The van der Waals surface area contributed by atoms with E-state index < -0.39 is 0 Å². The molecule has 1 aliphatic heterocycles. The molecule has 3 rings (SSSR count). The molecule has 0 bridgehead atoms. The number of aromatic nitrogens is 2. The maximum absolute atomic E-state index is 5.38. The molecule has 2 fully saturated rings. The first-order chi connectivity index (χ1) is 8.83. The molecule has 0 amide bonds. The van der Waals surface area contributed by atoms with Gasteiger partial charge in [-0.25, -0.2) is 4.98 Å². The summed E-state index contributed by atoms with van der Waals surface area (Å²) in [6.45, 7) is 7.15. The van der Waals surface area contributed by atoms with Crippen molar-refractivity contribution in [1.29, 1.82) is 0 Å². The third-order valence-electron chi connectivity index (χ3n) is 3.68. The van der Waals surface area contributed by atoms with Gasteiger partial charge in [0.1, 0.15) is 0 Å². The highest BCUT2D eigenvalue weighted by molar-refractivity contribution is 5.30. The Bertz CT molecular complexity index is 382. The summed E-state index contributed by atoms with van der Waals surface area (Å²) in [6.07, 6.45) is 6.53. The highest BCUT2D eigenvalue weighted by Crippen LogP contribution is 2.25. The van der Waals surface area contributed by atoms with Crippen molar-refractivity contribution < 1.29 is 4.74 Å². The Balaban J connectivity index is 1.59. The minimum Gasteiger partial charge on any atom is -0.379 e. The van der Waals surface area contributed by atoms with Crippen LogP contribution in [0.3, 0.4) is 0 Å². The van der Waals surface area contributed by atoms with Crippen LogP contribution in [0.5, 0.6) is 0 Å². The molecule has 0 spiro atoms. The molecule has 1 saturated carbocycles. The molecule has 0 aromatic carbocycles. The van der Waals surface area contributed by atoms with E-state index in [4.69, 9.17) is 4.74 Å². The van der Waals surface area contributed by atoms with Crippen LogP contribution in [0.25, 0.3) is 0 Å². The van der Waals surface area contributed by atoms with Crippen molar-refractivity contribution in [3.05, 3.63) is 12.4 Å². The number of imidazole rings is 1. The van der Waals surface area contributed by atoms with E-state index >= 15 is 0 Å². The first-order valence-electron chi connectivity index (χ1n) is 6.92. The second kappa shape index (κ2) is 5.28. The summed E-state index contributed by atoms with van der Waals surface area (Å²) in [4.78, 5) is 6.89. The number of ether oxygens (including phenoxy) is 1. The monoisotopic (exact) mass is 250 g/mol. The van der Waals surface area contributed by atoms with Crippen LogP contribution in [0.4, 0.5) is 5.95 Å². The van der Waals surface area contributed by atoms with Crippen molar-refractivity contribution in [3.8, 4) is 0 Å². The zero-order valence-corrected chi connectivity index (χ0v) is 11.0. The minimum atomic E-state index is 0.451. The van der Waals surface area contributed by atoms with Crippen LogP contribution in [0, 0.1) is 0 Å². The smallest absolute Gasteiger partial charge is 0.203 e. The number of hydrogen-bond donors (Lipinski definition) is 1. The van der Waals surface area contributed by atoms with Gasteiger partial charge in [-0.3, -0.25) is 4.90 Å². The predicted octanol–water partition coefficient (Wildman–Crippen LogP) is 1.35. The fraction of sp³-hybridized carbons (Fsp3) is 0.769. The Morgan fingerprint density at radius 1 is 1.44 bits per heavy atom. The standard InChI is InChI=1S/C13H22N4O/c1-11(10-16-6-8-18-9-7-16)17-5-4-14-13(17)15-12-2-3-12/h4-5,11-12H,2-3,6-10H2,1H3,(H,14,15). The molecule has 0 radical (unpaired) electrons. The van der Waals surface area contributed by atoms with E-state index in [2.05, 4.69) is 32.9 Å². The van der Waals surface area contributed by atoms with Gasteiger partial charge in [-0.15, -0.1) is 0 Å². The third kappa shape index (κ3) is 2.84. The number of nitrogens with one attached hydrogen (secondary N) is 1. The molecular weight excluding hydrogens is 228 g/mol. The van der Waals surface area contributed by atoms with E-state index in [9.17, 15) is 0 Å². The molecule has 1 aromatic rings. The van der Waals surface area contributed by atoms with Gasteiger partial charge in [-0.1, -0.05) is 0 Å². The van der Waals surface area contributed by atoms with E-state index in [0.29, 0.717) is 12.1 Å². The van der Waals surface area contributed by atoms with Crippen LogP contribution in [-0.4, -0.2) is 53.3 Å². The third-order valence-corrected chi connectivity index (χ3v) is 3.68. The maximum atomic E-state index is 5.38. The Labute approximate surface area is 108 Å². The summed E-state index contributed by atoms with van der Waals surface area (Å²) < 4.78 is 7.64. The molecule has 1 saturated heterocycles. The zero-order chi connectivity index (χ0) is 12.4. The average molecular weight is 250 g/mol. The maximum Gasteiger partial charge on any atom is 0.203 e. The van der Waals surface area contributed by atoms with Crippen LogP contribution in [0.2, 0.25) is 0 Å². The largest absolute Gasteiger partial charge is 0.379 e. The molecular formula is C13H22N4O. The number of anilines is 1. The molecule has 1 aliphatic carbocycles. The van der Waals surface area contributed by atoms with Crippen LogP contribution in [0.1, 0.15) is 25.8 Å². The minimum absolute atomic E-state index is 0.451. The van der Waals surface area contributed by atoms with E-state index in [1.54, 1.807) is 0 Å². The summed E-state index contributed by atoms with van der Waals surface area (Å²) in [5.41, 5.74) is 0. The first-order valence-corrected chi connectivity index (χ1v) is 6.92. The van der Waals surface area contributed by atoms with E-state index in [-0.39, 0.29) is 0 Å². The normalized spacial score (nSPS) is 22.9. The van der Waals surface area contributed by atoms with Crippen LogP contribution < -0.4 is 5.32 Å². The lowest BCUT2D eigenvalue weighted by Gasteiger charge is -2.30. The molecule has 1 unspecified atom stereocenters. The summed E-state index contributed by atoms with van der Waals surface area (Å²) in [7, 11) is 0. The summed E-state index contributed by atoms with van der Waals surface area (Å²) in [5.74, 6) is 1.03. The van der Waals surface area contributed by atoms with E-state index in [1.165, 1.54) is 12.8 Å². The Morgan fingerprint density at radius 3 is 2.94 bits per heavy atom. The van der Waals surface area contributed by atoms with Crippen LogP contribution in [-0.2, 0) is 4.74 Å². The zero-order valence-electron chi connectivity index (χ0n) is 11.0. The number of morpholine rings is 1. The SMILES string of the molecule is CC(CN1CCOCC1)n1ccnc1NC1CC1. The number of hydrogen-bond acceptors (Lipinski definition) is 4. The molecule has 1 N–H and O–H groups in total. The van der Waals surface area contributed by atoms with Crippen molar-refractivity contribution in [2.75, 3.05) is 38.2 Å². The van der Waals surface area contributed by atoms with Gasteiger partial charge in [-0.05, 0) is 19.8 Å². The Hall–Kier alpha value is -1.07. The molecule has 1 aromatic heterocycles. The van der Waals surface area contributed by atoms with Gasteiger partial charge in [0, 0.05) is 44.1 Å². The van der Waals surface area contributed by atoms with Crippen LogP contribution in [0.15, 0.2) is 12.4 Å². The lowest BCUT2D eigenvalue weighted by molar-refractivity contribution is 0.0327. The number of nitrogens with zero attached hydrogens (tertiary/aromatic N) is 3. The van der Waals surface area contributed by atoms with Crippen molar-refractivity contribution in [3.63, 3.8) is 0 Å². The van der Waals surface area contributed by atoms with E-state index in [1.807, 2.05) is 6.20 Å². The molecule has 18 heavy (non-hydrogen) atoms. The van der Waals surface area contributed by atoms with Crippen molar-refractivity contribution in [2.45, 2.75) is 31.8 Å². The predicted molar refractivity (Wildman–Crippen MR) is 70.8 cm³/mol. The first kappa shape index (κ1) is 12.0. The molecule has 2 heterocycles. The van der Waals surface area contributed by atoms with Gasteiger partial charge < -0.3 is 14.6 Å². The Morgan fingerprint density at radius 2 is 2.22 bits per heavy atom. The molecule has 5 heteroatoms. The topological polar surface area (TPSA) is 42.3 Å². The van der Waals surface area contributed by atoms with Crippen molar-refractivity contribution >= 4 is 5.95 Å². The van der Waals surface area contributed by atoms with Crippen LogP contribution >= 0.6 is 0 Å². The van der Waals surface area contributed by atoms with Gasteiger partial charge >= 0.3 is 0 Å². The lowest BCUT2D eigenvalue weighted by Crippen LogP contribution is -2.39. The quantitative estimate of drug-likeness (QED) is 0.856. The summed E-state index contributed by atoms with van der Waals surface area (Å²) in [5, 5.41) is 3.49. The fourth-order valence-corrected chi connectivity index (χ4v) is 2.44. The van der Waals surface area contributed by atoms with Gasteiger partial charge in [0.2, 0.25) is 5.95 Å². The molecule has 5 nitrogen and oxygen atoms in total. The number of rotatable bonds is 5. The second-order valence-corrected chi connectivity index (χ2v) is 5.34. The van der Waals surface area contributed by atoms with Gasteiger partial charge in [0.05, 0.1) is 13.2 Å². The highest BCUT2D eigenvalue weighted by atomic mass is 16.5. The van der Waals surface area contributed by atoms with Crippen molar-refractivity contribution in [1.82, 2.24) is 14.5 Å².